The zero-order valence-corrected chi connectivity index (χ0v) is 41.6. The standard InChI is InChI=1S/C53H90O12S/c1-3-5-7-9-11-13-15-17-19-20-21-22-23-24-25-26-28-29-31-33-35-37-39-41-48(54)62-43-46(44-63-53-52(58)51(57)50(56)47(65-53)45-66(59,60)61)64-49(55)42-40-38-36-34-32-30-27-18-16-14-12-10-8-6-4-2/h6,8,12,14,18,20-21,27,32,34,38,40,46-47,50-53,56-58H,3-5,7,9-11,13,15-17,19,22-26,28-31,33,35-37,39,41-45H2,1-2H3,(H,59,60,61)/b8-6-,14-12-,21-20-,27-18-,34-32-,40-38-. The van der Waals surface area contributed by atoms with Gasteiger partial charge in [-0.15, -0.1) is 0 Å². The van der Waals surface area contributed by atoms with Crippen molar-refractivity contribution in [1.29, 1.82) is 0 Å². The van der Waals surface area contributed by atoms with Crippen LogP contribution >= 0.6 is 0 Å². The minimum absolute atomic E-state index is 0.0703. The molecular weight excluding hydrogens is 861 g/mol. The Labute approximate surface area is 399 Å². The predicted molar refractivity (Wildman–Crippen MR) is 265 cm³/mol. The molecule has 4 N–H and O–H groups in total. The number of carbonyl (C=O) groups is 2. The Hall–Kier alpha value is -2.91. The van der Waals surface area contributed by atoms with Gasteiger partial charge in [-0.1, -0.05) is 189 Å². The van der Waals surface area contributed by atoms with Crippen molar-refractivity contribution in [3.63, 3.8) is 0 Å². The third kappa shape index (κ3) is 36.2. The van der Waals surface area contributed by atoms with E-state index in [2.05, 4.69) is 62.5 Å². The van der Waals surface area contributed by atoms with E-state index >= 15 is 0 Å². The number of unbranched alkanes of at least 4 members (excludes halogenated alkanes) is 19. The highest BCUT2D eigenvalue weighted by molar-refractivity contribution is 7.85. The minimum Gasteiger partial charge on any atom is -0.462 e. The Morgan fingerprint density at radius 3 is 1.48 bits per heavy atom. The maximum Gasteiger partial charge on any atom is 0.310 e. The summed E-state index contributed by atoms with van der Waals surface area (Å²) in [4.78, 5) is 25.4. The lowest BCUT2D eigenvalue weighted by Crippen LogP contribution is -2.60. The van der Waals surface area contributed by atoms with Gasteiger partial charge >= 0.3 is 11.9 Å². The van der Waals surface area contributed by atoms with Gasteiger partial charge in [0.1, 0.15) is 36.8 Å². The topological polar surface area (TPSA) is 186 Å². The molecule has 1 fully saturated rings. The maximum atomic E-state index is 12.8. The monoisotopic (exact) mass is 951 g/mol. The number of ether oxygens (including phenoxy) is 4. The van der Waals surface area contributed by atoms with E-state index in [9.17, 15) is 37.9 Å². The molecule has 66 heavy (non-hydrogen) atoms. The third-order valence-electron chi connectivity index (χ3n) is 11.3. The van der Waals surface area contributed by atoms with Crippen LogP contribution in [0.3, 0.4) is 0 Å². The van der Waals surface area contributed by atoms with E-state index in [0.29, 0.717) is 12.8 Å². The maximum absolute atomic E-state index is 12.8. The van der Waals surface area contributed by atoms with Gasteiger partial charge in [0, 0.05) is 6.42 Å². The molecule has 0 spiro atoms. The second kappa shape index (κ2) is 42.2. The van der Waals surface area contributed by atoms with Crippen molar-refractivity contribution in [1.82, 2.24) is 0 Å². The largest absolute Gasteiger partial charge is 0.462 e. The van der Waals surface area contributed by atoms with Crippen molar-refractivity contribution >= 4 is 22.1 Å². The van der Waals surface area contributed by atoms with Crippen LogP contribution in [-0.4, -0.2) is 96.0 Å². The van der Waals surface area contributed by atoms with Crippen LogP contribution in [0.1, 0.15) is 194 Å². The number of allylic oxidation sites excluding steroid dienone is 11. The van der Waals surface area contributed by atoms with Crippen LogP contribution in [0, 0.1) is 0 Å². The molecule has 1 saturated heterocycles. The first-order chi connectivity index (χ1) is 32.0. The molecule has 0 aromatic heterocycles. The van der Waals surface area contributed by atoms with Gasteiger partial charge in [-0.3, -0.25) is 14.1 Å². The molecule has 0 aliphatic carbocycles. The van der Waals surface area contributed by atoms with Crippen LogP contribution in [0.2, 0.25) is 0 Å². The molecule has 1 rings (SSSR count). The molecule has 6 unspecified atom stereocenters. The molecule has 1 heterocycles. The van der Waals surface area contributed by atoms with Crippen molar-refractivity contribution in [2.24, 2.45) is 0 Å². The van der Waals surface area contributed by atoms with E-state index < -0.39 is 71.2 Å². The van der Waals surface area contributed by atoms with Gasteiger partial charge in [0.25, 0.3) is 10.1 Å². The van der Waals surface area contributed by atoms with Gasteiger partial charge in [0.2, 0.25) is 0 Å². The van der Waals surface area contributed by atoms with Crippen molar-refractivity contribution in [2.75, 3.05) is 19.0 Å². The number of carbonyl (C=O) groups excluding carboxylic acids is 2. The van der Waals surface area contributed by atoms with E-state index in [1.165, 1.54) is 109 Å². The highest BCUT2D eigenvalue weighted by atomic mass is 32.2. The predicted octanol–water partition coefficient (Wildman–Crippen LogP) is 11.5. The summed E-state index contributed by atoms with van der Waals surface area (Å²) in [6.45, 7) is 3.57. The number of aliphatic hydroxyl groups is 3. The normalized spacial score (nSPS) is 20.0. The Morgan fingerprint density at radius 1 is 0.545 bits per heavy atom. The zero-order valence-electron chi connectivity index (χ0n) is 40.8. The lowest BCUT2D eigenvalue weighted by Gasteiger charge is -2.40. The van der Waals surface area contributed by atoms with Crippen molar-refractivity contribution < 1.29 is 56.8 Å². The Balaban J connectivity index is 2.39. The van der Waals surface area contributed by atoms with E-state index in [1.54, 1.807) is 6.08 Å². The number of aliphatic hydroxyl groups excluding tert-OH is 3. The fourth-order valence-electron chi connectivity index (χ4n) is 7.39. The van der Waals surface area contributed by atoms with Gasteiger partial charge in [-0.25, -0.2) is 0 Å². The molecule has 0 amide bonds. The molecular formula is C53H90O12S. The molecule has 1 aliphatic rings. The molecule has 380 valence electrons. The number of hydrogen-bond donors (Lipinski definition) is 4. The molecule has 1 aliphatic heterocycles. The zero-order chi connectivity index (χ0) is 48.4. The highest BCUT2D eigenvalue weighted by Gasteiger charge is 2.46. The van der Waals surface area contributed by atoms with Crippen LogP contribution in [0.15, 0.2) is 72.9 Å². The van der Waals surface area contributed by atoms with Crippen LogP contribution in [0.5, 0.6) is 0 Å². The SMILES string of the molecule is CC/C=C\C/C=C\C/C=C\C/C=C\C/C=C\CC(=O)OC(COC(=O)CCCCCCCCCCCCC/C=C\CCCCCCCCCC)COC1OC(CS(=O)(=O)O)C(O)C(O)C1O. The van der Waals surface area contributed by atoms with E-state index in [0.717, 1.165) is 44.9 Å². The minimum atomic E-state index is -4.62. The fourth-order valence-corrected chi connectivity index (χ4v) is 8.09. The van der Waals surface area contributed by atoms with Gasteiger partial charge in [-0.05, 0) is 64.2 Å². The van der Waals surface area contributed by atoms with Gasteiger partial charge < -0.3 is 34.3 Å². The molecule has 0 aromatic rings. The Bertz CT molecular complexity index is 1490. The first-order valence-electron chi connectivity index (χ1n) is 25.5. The van der Waals surface area contributed by atoms with Crippen molar-refractivity contribution in [3.8, 4) is 0 Å². The van der Waals surface area contributed by atoms with Gasteiger partial charge in [0.05, 0.1) is 13.0 Å². The molecule has 0 radical (unpaired) electrons. The lowest BCUT2D eigenvalue weighted by molar-refractivity contribution is -0.297. The first kappa shape index (κ1) is 61.1. The lowest BCUT2D eigenvalue weighted by atomic mass is 10.00. The fraction of sp³-hybridized carbons (Fsp3) is 0.736. The van der Waals surface area contributed by atoms with Crippen molar-refractivity contribution in [2.45, 2.75) is 230 Å². The second-order valence-electron chi connectivity index (χ2n) is 17.5. The number of hydrogen-bond acceptors (Lipinski definition) is 11. The molecule has 13 heteroatoms. The number of rotatable bonds is 42. The summed E-state index contributed by atoms with van der Waals surface area (Å²) in [6.07, 6.45) is 45.5. The average molecular weight is 951 g/mol. The molecule has 12 nitrogen and oxygen atoms in total. The summed E-state index contributed by atoms with van der Waals surface area (Å²) >= 11 is 0. The van der Waals surface area contributed by atoms with Crippen LogP contribution in [0.25, 0.3) is 0 Å². The molecule has 0 saturated carbocycles. The first-order valence-corrected chi connectivity index (χ1v) is 27.1. The summed E-state index contributed by atoms with van der Waals surface area (Å²) < 4.78 is 54.0. The quantitative estimate of drug-likeness (QED) is 0.0197. The average Bonchev–Trinajstić information content (AvgIpc) is 3.28. The van der Waals surface area contributed by atoms with Gasteiger partial charge in [0.15, 0.2) is 12.4 Å². The molecule has 0 aromatic carbocycles. The summed E-state index contributed by atoms with van der Waals surface area (Å²) in [5, 5.41) is 30.9. The van der Waals surface area contributed by atoms with E-state index in [1.807, 2.05) is 18.2 Å². The Morgan fingerprint density at radius 2 is 1.00 bits per heavy atom. The molecule has 0 bridgehead atoms. The van der Waals surface area contributed by atoms with Crippen LogP contribution in [-0.2, 0) is 38.7 Å². The summed E-state index contributed by atoms with van der Waals surface area (Å²) in [5.41, 5.74) is 0. The van der Waals surface area contributed by atoms with Crippen LogP contribution < -0.4 is 0 Å². The summed E-state index contributed by atoms with van der Waals surface area (Å²) in [7, 11) is -4.62. The van der Waals surface area contributed by atoms with Crippen molar-refractivity contribution in [3.05, 3.63) is 72.9 Å². The highest BCUT2D eigenvalue weighted by Crippen LogP contribution is 2.24. The third-order valence-corrected chi connectivity index (χ3v) is 12.1. The smallest absolute Gasteiger partial charge is 0.310 e. The van der Waals surface area contributed by atoms with E-state index in [4.69, 9.17) is 18.9 Å². The molecule has 6 atom stereocenters. The van der Waals surface area contributed by atoms with Gasteiger partial charge in [-0.2, -0.15) is 8.42 Å². The van der Waals surface area contributed by atoms with Crippen LogP contribution in [0.4, 0.5) is 0 Å². The Kier molecular flexibility index (Phi) is 39.1. The van der Waals surface area contributed by atoms with E-state index in [-0.39, 0.29) is 19.4 Å². The summed E-state index contributed by atoms with van der Waals surface area (Å²) in [5.74, 6) is -2.15. The summed E-state index contributed by atoms with van der Waals surface area (Å²) in [6, 6.07) is 0. The second-order valence-corrected chi connectivity index (χ2v) is 19.0. The number of esters is 2.